The molecule has 0 aliphatic heterocycles. The number of carbonyl (C=O) groups excluding carboxylic acids is 2. The van der Waals surface area contributed by atoms with E-state index in [0.717, 1.165) is 16.8 Å². The summed E-state index contributed by atoms with van der Waals surface area (Å²) in [4.78, 5) is 29.6. The fourth-order valence-corrected chi connectivity index (χ4v) is 3.25. The van der Waals surface area contributed by atoms with E-state index in [9.17, 15) is 9.59 Å². The fourth-order valence-electron chi connectivity index (χ4n) is 3.25. The summed E-state index contributed by atoms with van der Waals surface area (Å²) in [6.45, 7) is 3.96. The van der Waals surface area contributed by atoms with E-state index in [2.05, 4.69) is 20.9 Å². The number of aryl methyl sites for hydroxylation is 1. The molecule has 0 fully saturated rings. The van der Waals surface area contributed by atoms with Crippen LogP contribution in [0.15, 0.2) is 66.9 Å². The maximum Gasteiger partial charge on any atom is 0.252 e. The van der Waals surface area contributed by atoms with E-state index in [1.165, 1.54) is 6.20 Å². The average Bonchev–Trinajstić information content (AvgIpc) is 2.77. The first kappa shape index (κ1) is 21.0. The molecule has 1 aromatic heterocycles. The summed E-state index contributed by atoms with van der Waals surface area (Å²) in [7, 11) is 1.56. The lowest BCUT2D eigenvalue weighted by molar-refractivity contribution is -0.117. The van der Waals surface area contributed by atoms with Gasteiger partial charge in [-0.05, 0) is 36.6 Å². The number of aromatic nitrogens is 1. The zero-order valence-corrected chi connectivity index (χ0v) is 17.4. The molecular formula is C24H26N4O2. The number of anilines is 3. The van der Waals surface area contributed by atoms with E-state index in [1.807, 2.05) is 68.4 Å². The predicted octanol–water partition coefficient (Wildman–Crippen LogP) is 4.63. The molecule has 0 saturated heterocycles. The third kappa shape index (κ3) is 4.84. The van der Waals surface area contributed by atoms with Gasteiger partial charge in [0.1, 0.15) is 0 Å². The number of carbonyl (C=O) groups is 2. The summed E-state index contributed by atoms with van der Waals surface area (Å²) < 4.78 is 0. The molecule has 2 amide bonds. The first-order valence-electron chi connectivity index (χ1n) is 9.94. The Labute approximate surface area is 176 Å². The van der Waals surface area contributed by atoms with Crippen molar-refractivity contribution in [2.24, 2.45) is 0 Å². The number of para-hydroxylation sites is 1. The largest absolute Gasteiger partial charge is 0.355 e. The summed E-state index contributed by atoms with van der Waals surface area (Å²) in [5, 5.41) is 8.83. The summed E-state index contributed by atoms with van der Waals surface area (Å²) in [5.41, 5.74) is 3.70. The summed E-state index contributed by atoms with van der Waals surface area (Å²) in [6.07, 6.45) is 2.14. The standard InChI is InChI=1S/C24H26N4O2/c1-4-19(17-11-6-5-7-12-17)24(30)28-21-14-18(23(29)25-3)15-26-22(21)27-20-13-9-8-10-16(20)2/h5-15,19H,4H2,1-3H3,(H,25,29)(H,26,27)(H,28,30). The van der Waals surface area contributed by atoms with Crippen molar-refractivity contribution >= 4 is 29.0 Å². The van der Waals surface area contributed by atoms with E-state index in [1.54, 1.807) is 13.1 Å². The SMILES string of the molecule is CCC(C(=O)Nc1cc(C(=O)NC)cnc1Nc1ccccc1C)c1ccccc1. The van der Waals surface area contributed by atoms with Gasteiger partial charge in [0, 0.05) is 18.9 Å². The summed E-state index contributed by atoms with van der Waals surface area (Å²) in [6, 6.07) is 19.1. The normalized spacial score (nSPS) is 11.4. The van der Waals surface area contributed by atoms with Crippen LogP contribution in [0.5, 0.6) is 0 Å². The molecule has 0 spiro atoms. The molecule has 6 heteroatoms. The predicted molar refractivity (Wildman–Crippen MR) is 120 cm³/mol. The molecule has 0 aliphatic carbocycles. The maximum absolute atomic E-state index is 13.1. The number of hydrogen-bond donors (Lipinski definition) is 3. The lowest BCUT2D eigenvalue weighted by Gasteiger charge is -2.18. The molecule has 3 rings (SSSR count). The first-order chi connectivity index (χ1) is 14.5. The van der Waals surface area contributed by atoms with Crippen molar-refractivity contribution in [3.05, 3.63) is 83.6 Å². The van der Waals surface area contributed by atoms with Crippen molar-refractivity contribution < 1.29 is 9.59 Å². The molecule has 0 saturated carbocycles. The van der Waals surface area contributed by atoms with Crippen LogP contribution in [-0.4, -0.2) is 23.8 Å². The van der Waals surface area contributed by atoms with E-state index in [4.69, 9.17) is 0 Å². The molecular weight excluding hydrogens is 376 g/mol. The number of nitrogens with one attached hydrogen (secondary N) is 3. The zero-order chi connectivity index (χ0) is 21.5. The first-order valence-corrected chi connectivity index (χ1v) is 9.94. The maximum atomic E-state index is 13.1. The molecule has 2 aromatic carbocycles. The van der Waals surface area contributed by atoms with E-state index in [-0.39, 0.29) is 17.7 Å². The Morgan fingerprint density at radius 3 is 2.37 bits per heavy atom. The average molecular weight is 402 g/mol. The highest BCUT2D eigenvalue weighted by Crippen LogP contribution is 2.28. The molecule has 3 N–H and O–H groups in total. The third-order valence-electron chi connectivity index (χ3n) is 4.96. The van der Waals surface area contributed by atoms with Gasteiger partial charge in [0.15, 0.2) is 5.82 Å². The van der Waals surface area contributed by atoms with Crippen molar-refractivity contribution in [2.75, 3.05) is 17.7 Å². The summed E-state index contributed by atoms with van der Waals surface area (Å²) >= 11 is 0. The van der Waals surface area contributed by atoms with Crippen LogP contribution in [0.3, 0.4) is 0 Å². The second-order valence-electron chi connectivity index (χ2n) is 7.00. The zero-order valence-electron chi connectivity index (χ0n) is 17.4. The lowest BCUT2D eigenvalue weighted by Crippen LogP contribution is -2.23. The van der Waals surface area contributed by atoms with Crippen molar-refractivity contribution in [1.82, 2.24) is 10.3 Å². The number of nitrogens with zero attached hydrogens (tertiary/aromatic N) is 1. The number of benzene rings is 2. The van der Waals surface area contributed by atoms with Crippen LogP contribution in [0.2, 0.25) is 0 Å². The quantitative estimate of drug-likeness (QED) is 0.538. The van der Waals surface area contributed by atoms with Crippen molar-refractivity contribution in [1.29, 1.82) is 0 Å². The van der Waals surface area contributed by atoms with Gasteiger partial charge in [-0.1, -0.05) is 55.5 Å². The minimum Gasteiger partial charge on any atom is -0.355 e. The van der Waals surface area contributed by atoms with Crippen molar-refractivity contribution in [3.63, 3.8) is 0 Å². The molecule has 1 atom stereocenters. The highest BCUT2D eigenvalue weighted by atomic mass is 16.2. The van der Waals surface area contributed by atoms with Crippen LogP contribution >= 0.6 is 0 Å². The Kier molecular flexibility index (Phi) is 6.80. The van der Waals surface area contributed by atoms with Gasteiger partial charge in [-0.25, -0.2) is 4.98 Å². The molecule has 0 aliphatic rings. The fraction of sp³-hybridized carbons (Fsp3) is 0.208. The number of amides is 2. The molecule has 30 heavy (non-hydrogen) atoms. The molecule has 0 bridgehead atoms. The van der Waals surface area contributed by atoms with Gasteiger partial charge in [-0.3, -0.25) is 9.59 Å². The van der Waals surface area contributed by atoms with Crippen molar-refractivity contribution in [3.8, 4) is 0 Å². The molecule has 0 radical (unpaired) electrons. The topological polar surface area (TPSA) is 83.1 Å². The molecule has 3 aromatic rings. The van der Waals surface area contributed by atoms with Gasteiger partial charge in [0.2, 0.25) is 5.91 Å². The Hall–Kier alpha value is -3.67. The van der Waals surface area contributed by atoms with Crippen LogP contribution in [-0.2, 0) is 4.79 Å². The minimum atomic E-state index is -0.304. The number of rotatable bonds is 7. The van der Waals surface area contributed by atoms with Crippen LogP contribution in [0.4, 0.5) is 17.2 Å². The van der Waals surface area contributed by atoms with Gasteiger partial charge >= 0.3 is 0 Å². The second kappa shape index (κ2) is 9.69. The van der Waals surface area contributed by atoms with Gasteiger partial charge in [0.05, 0.1) is 17.2 Å². The van der Waals surface area contributed by atoms with E-state index < -0.39 is 0 Å². The highest BCUT2D eigenvalue weighted by molar-refractivity contribution is 6.01. The molecule has 1 heterocycles. The highest BCUT2D eigenvalue weighted by Gasteiger charge is 2.21. The van der Waals surface area contributed by atoms with E-state index in [0.29, 0.717) is 23.5 Å². The Morgan fingerprint density at radius 2 is 1.70 bits per heavy atom. The minimum absolute atomic E-state index is 0.146. The number of pyridine rings is 1. The van der Waals surface area contributed by atoms with Crippen LogP contribution in [0.1, 0.15) is 40.7 Å². The Bertz CT molecular complexity index is 1030. The van der Waals surface area contributed by atoms with Gasteiger partial charge in [0.25, 0.3) is 5.91 Å². The Balaban J connectivity index is 1.94. The summed E-state index contributed by atoms with van der Waals surface area (Å²) in [5.74, 6) is -0.239. The van der Waals surface area contributed by atoms with E-state index >= 15 is 0 Å². The van der Waals surface area contributed by atoms with Crippen LogP contribution in [0.25, 0.3) is 0 Å². The smallest absolute Gasteiger partial charge is 0.252 e. The third-order valence-corrected chi connectivity index (χ3v) is 4.96. The second-order valence-corrected chi connectivity index (χ2v) is 7.00. The molecule has 6 nitrogen and oxygen atoms in total. The Morgan fingerprint density at radius 1 is 1.00 bits per heavy atom. The van der Waals surface area contributed by atoms with Gasteiger partial charge in [-0.2, -0.15) is 0 Å². The van der Waals surface area contributed by atoms with Gasteiger partial charge < -0.3 is 16.0 Å². The van der Waals surface area contributed by atoms with Crippen molar-refractivity contribution in [2.45, 2.75) is 26.2 Å². The lowest BCUT2D eigenvalue weighted by atomic mass is 9.95. The monoisotopic (exact) mass is 402 g/mol. The van der Waals surface area contributed by atoms with Crippen LogP contribution < -0.4 is 16.0 Å². The molecule has 1 unspecified atom stereocenters. The van der Waals surface area contributed by atoms with Crippen LogP contribution in [0, 0.1) is 6.92 Å². The van der Waals surface area contributed by atoms with Gasteiger partial charge in [-0.15, -0.1) is 0 Å². The number of hydrogen-bond acceptors (Lipinski definition) is 4. The molecule has 154 valence electrons.